The van der Waals surface area contributed by atoms with Gasteiger partial charge in [-0.1, -0.05) is 17.3 Å². The Morgan fingerprint density at radius 3 is 2.79 bits per heavy atom. The van der Waals surface area contributed by atoms with Crippen LogP contribution in [0.4, 0.5) is 5.82 Å². The molecule has 2 aromatic heterocycles. The van der Waals surface area contributed by atoms with Crippen LogP contribution in [0.2, 0.25) is 0 Å². The summed E-state index contributed by atoms with van der Waals surface area (Å²) >= 11 is 0. The van der Waals surface area contributed by atoms with Gasteiger partial charge >= 0.3 is 0 Å². The van der Waals surface area contributed by atoms with E-state index in [4.69, 9.17) is 9.26 Å². The van der Waals surface area contributed by atoms with Crippen LogP contribution in [0.25, 0.3) is 0 Å². The predicted molar refractivity (Wildman–Crippen MR) is 88.9 cm³/mol. The van der Waals surface area contributed by atoms with Gasteiger partial charge in [0.2, 0.25) is 0 Å². The van der Waals surface area contributed by atoms with Crippen LogP contribution in [-0.2, 0) is 6.61 Å². The first-order chi connectivity index (χ1) is 11.6. The van der Waals surface area contributed by atoms with E-state index in [1.807, 2.05) is 19.9 Å². The van der Waals surface area contributed by atoms with Crippen LogP contribution in [0.3, 0.4) is 0 Å². The fourth-order valence-corrected chi connectivity index (χ4v) is 2.22. The Labute approximate surface area is 139 Å². The molecule has 0 spiro atoms. The third kappa shape index (κ3) is 3.60. The Bertz CT molecular complexity index is 824. The molecule has 0 saturated heterocycles. The Kier molecular flexibility index (Phi) is 4.56. The number of ether oxygens (including phenoxy) is 1. The fourth-order valence-electron chi connectivity index (χ4n) is 2.22. The molecule has 0 unspecified atom stereocenters. The summed E-state index contributed by atoms with van der Waals surface area (Å²) in [6.45, 7) is 4.05. The standard InChI is InChI=1S/C18H17N3O3/c1-12-16(13(2)24-21-12)11-23-15-7-5-6-14(10-15)18(22)20-17-8-3-4-9-19-17/h3-10H,11H2,1-2H3,(H,19,20,22). The second kappa shape index (κ2) is 6.95. The number of carbonyl (C=O) groups excluding carboxylic acids is 1. The second-order valence-corrected chi connectivity index (χ2v) is 5.29. The Hall–Kier alpha value is -3.15. The van der Waals surface area contributed by atoms with Gasteiger partial charge in [-0.05, 0) is 44.2 Å². The first kappa shape index (κ1) is 15.7. The van der Waals surface area contributed by atoms with Crippen molar-refractivity contribution in [3.8, 4) is 5.75 Å². The first-order valence-corrected chi connectivity index (χ1v) is 7.50. The number of aromatic nitrogens is 2. The van der Waals surface area contributed by atoms with Crippen molar-refractivity contribution in [2.45, 2.75) is 20.5 Å². The number of rotatable bonds is 5. The van der Waals surface area contributed by atoms with Crippen LogP contribution in [0.1, 0.15) is 27.4 Å². The van der Waals surface area contributed by atoms with Crippen molar-refractivity contribution in [2.75, 3.05) is 5.32 Å². The molecule has 0 aliphatic heterocycles. The minimum absolute atomic E-state index is 0.239. The summed E-state index contributed by atoms with van der Waals surface area (Å²) in [4.78, 5) is 16.4. The van der Waals surface area contributed by atoms with Crippen molar-refractivity contribution in [3.63, 3.8) is 0 Å². The monoisotopic (exact) mass is 323 g/mol. The van der Waals surface area contributed by atoms with E-state index < -0.39 is 0 Å². The number of amides is 1. The lowest BCUT2D eigenvalue weighted by atomic mass is 10.2. The fraction of sp³-hybridized carbons (Fsp3) is 0.167. The van der Waals surface area contributed by atoms with E-state index in [1.165, 1.54) is 0 Å². The molecule has 0 fully saturated rings. The highest BCUT2D eigenvalue weighted by molar-refractivity contribution is 6.03. The van der Waals surface area contributed by atoms with Crippen LogP contribution in [0.5, 0.6) is 5.75 Å². The van der Waals surface area contributed by atoms with Gasteiger partial charge < -0.3 is 14.6 Å². The number of nitrogens with zero attached hydrogens (tertiary/aromatic N) is 2. The number of aryl methyl sites for hydroxylation is 2. The van der Waals surface area contributed by atoms with Gasteiger partial charge in [-0.25, -0.2) is 4.98 Å². The molecule has 0 aliphatic carbocycles. The van der Waals surface area contributed by atoms with Gasteiger partial charge in [0.15, 0.2) is 0 Å². The molecule has 3 aromatic rings. The SMILES string of the molecule is Cc1noc(C)c1COc1cccc(C(=O)Nc2ccccn2)c1. The lowest BCUT2D eigenvalue weighted by Crippen LogP contribution is -2.12. The minimum atomic E-state index is -0.239. The van der Waals surface area contributed by atoms with Crippen molar-refractivity contribution in [2.24, 2.45) is 0 Å². The molecule has 0 bridgehead atoms. The van der Waals surface area contributed by atoms with Crippen molar-refractivity contribution in [3.05, 3.63) is 71.2 Å². The van der Waals surface area contributed by atoms with Gasteiger partial charge in [0.05, 0.1) is 11.3 Å². The van der Waals surface area contributed by atoms with E-state index >= 15 is 0 Å². The molecule has 1 N–H and O–H groups in total. The van der Waals surface area contributed by atoms with Crippen LogP contribution < -0.4 is 10.1 Å². The van der Waals surface area contributed by atoms with Crippen LogP contribution in [-0.4, -0.2) is 16.0 Å². The molecular weight excluding hydrogens is 306 g/mol. The molecule has 0 saturated carbocycles. The van der Waals surface area contributed by atoms with E-state index in [0.717, 1.165) is 17.0 Å². The molecule has 2 heterocycles. The Morgan fingerprint density at radius 2 is 2.08 bits per heavy atom. The van der Waals surface area contributed by atoms with Gasteiger partial charge in [-0.3, -0.25) is 4.79 Å². The first-order valence-electron chi connectivity index (χ1n) is 7.50. The van der Waals surface area contributed by atoms with Crippen molar-refractivity contribution >= 4 is 11.7 Å². The third-order valence-corrected chi connectivity index (χ3v) is 3.57. The summed E-state index contributed by atoms with van der Waals surface area (Å²) in [6, 6.07) is 12.3. The summed E-state index contributed by atoms with van der Waals surface area (Å²) in [5.41, 5.74) is 2.21. The van der Waals surface area contributed by atoms with Gasteiger partial charge in [0.1, 0.15) is 23.9 Å². The van der Waals surface area contributed by atoms with Crippen molar-refractivity contribution in [1.29, 1.82) is 0 Å². The zero-order chi connectivity index (χ0) is 16.9. The van der Waals surface area contributed by atoms with Gasteiger partial charge in [-0.2, -0.15) is 0 Å². The van der Waals surface area contributed by atoms with Gasteiger partial charge in [-0.15, -0.1) is 0 Å². The second-order valence-electron chi connectivity index (χ2n) is 5.29. The highest BCUT2D eigenvalue weighted by Crippen LogP contribution is 2.19. The Balaban J connectivity index is 1.69. The highest BCUT2D eigenvalue weighted by Gasteiger charge is 2.11. The lowest BCUT2D eigenvalue weighted by Gasteiger charge is -2.08. The Morgan fingerprint density at radius 1 is 1.21 bits per heavy atom. The van der Waals surface area contributed by atoms with E-state index in [1.54, 1.807) is 42.6 Å². The summed E-state index contributed by atoms with van der Waals surface area (Å²) in [7, 11) is 0. The van der Waals surface area contributed by atoms with E-state index in [-0.39, 0.29) is 5.91 Å². The normalized spacial score (nSPS) is 10.4. The van der Waals surface area contributed by atoms with E-state index in [0.29, 0.717) is 23.7 Å². The molecule has 0 radical (unpaired) electrons. The molecule has 6 nitrogen and oxygen atoms in total. The molecule has 122 valence electrons. The summed E-state index contributed by atoms with van der Waals surface area (Å²) in [5, 5.41) is 6.64. The van der Waals surface area contributed by atoms with Crippen molar-refractivity contribution in [1.82, 2.24) is 10.1 Å². The summed E-state index contributed by atoms with van der Waals surface area (Å²) in [5.74, 6) is 1.60. The zero-order valence-electron chi connectivity index (χ0n) is 13.4. The average Bonchev–Trinajstić information content (AvgIpc) is 2.92. The third-order valence-electron chi connectivity index (χ3n) is 3.57. The summed E-state index contributed by atoms with van der Waals surface area (Å²) < 4.78 is 10.9. The number of pyridine rings is 1. The molecule has 1 amide bonds. The van der Waals surface area contributed by atoms with Crippen molar-refractivity contribution < 1.29 is 14.1 Å². The van der Waals surface area contributed by atoms with E-state index in [9.17, 15) is 4.79 Å². The predicted octanol–water partition coefficient (Wildman–Crippen LogP) is 3.52. The van der Waals surface area contributed by atoms with E-state index in [2.05, 4.69) is 15.5 Å². The topological polar surface area (TPSA) is 77.2 Å². The van der Waals surface area contributed by atoms with Gasteiger partial charge in [0.25, 0.3) is 5.91 Å². The molecule has 0 aliphatic rings. The number of anilines is 1. The quantitative estimate of drug-likeness (QED) is 0.777. The zero-order valence-corrected chi connectivity index (χ0v) is 13.4. The number of hydrogen-bond acceptors (Lipinski definition) is 5. The molecule has 3 rings (SSSR count). The number of hydrogen-bond donors (Lipinski definition) is 1. The molecule has 1 aromatic carbocycles. The lowest BCUT2D eigenvalue weighted by molar-refractivity contribution is 0.102. The number of benzene rings is 1. The number of nitrogens with one attached hydrogen (secondary N) is 1. The summed E-state index contributed by atoms with van der Waals surface area (Å²) in [6.07, 6.45) is 1.62. The molecule has 24 heavy (non-hydrogen) atoms. The largest absolute Gasteiger partial charge is 0.489 e. The molecule has 0 atom stereocenters. The smallest absolute Gasteiger partial charge is 0.256 e. The maximum atomic E-state index is 12.3. The van der Waals surface area contributed by atoms with Gasteiger partial charge in [0, 0.05) is 11.8 Å². The maximum absolute atomic E-state index is 12.3. The van der Waals surface area contributed by atoms with Crippen LogP contribution >= 0.6 is 0 Å². The van der Waals surface area contributed by atoms with Crippen LogP contribution in [0, 0.1) is 13.8 Å². The average molecular weight is 323 g/mol. The minimum Gasteiger partial charge on any atom is -0.489 e. The maximum Gasteiger partial charge on any atom is 0.256 e. The molecule has 6 heteroatoms. The van der Waals surface area contributed by atoms with Crippen LogP contribution in [0.15, 0.2) is 53.2 Å². The number of carbonyl (C=O) groups is 1. The highest BCUT2D eigenvalue weighted by atomic mass is 16.5. The molecular formula is C18H17N3O3.